The Morgan fingerprint density at radius 2 is 1.86 bits per heavy atom. The summed E-state index contributed by atoms with van der Waals surface area (Å²) >= 11 is 1.55. The number of thiazole rings is 1. The fourth-order valence-corrected chi connectivity index (χ4v) is 5.32. The fourth-order valence-electron chi connectivity index (χ4n) is 4.50. The Kier molecular flexibility index (Phi) is 6.73. The van der Waals surface area contributed by atoms with E-state index >= 15 is 0 Å². The molecule has 1 atom stereocenters. The third-order valence-electron chi connectivity index (χ3n) is 6.31. The predicted octanol–water partition coefficient (Wildman–Crippen LogP) is 5.22. The second-order valence-corrected chi connectivity index (χ2v) is 9.80. The van der Waals surface area contributed by atoms with Gasteiger partial charge >= 0.3 is 0 Å². The summed E-state index contributed by atoms with van der Waals surface area (Å²) in [6.07, 6.45) is 0.234. The summed E-state index contributed by atoms with van der Waals surface area (Å²) in [6, 6.07) is 26.0. The van der Waals surface area contributed by atoms with Crippen LogP contribution in [0.15, 0.2) is 84.2 Å². The highest BCUT2D eigenvalue weighted by Gasteiger charge is 2.29. The average molecular weight is 482 g/mol. The monoisotopic (exact) mass is 481 g/mol. The first-order valence-corrected chi connectivity index (χ1v) is 12.6. The molecule has 6 heteroatoms. The number of nitrogens with one attached hydrogen (secondary N) is 1. The predicted molar refractivity (Wildman–Crippen MR) is 139 cm³/mol. The minimum atomic E-state index is -0.0666. The standard InChI is InChI=1S/C29H27N3O2S/c1-20-8-7-12-22(14-20)28-31-25(19-35-28)15-27(33)30-16-24(21-9-3-2-4-10-21)18-32-17-23-11-5-6-13-26(23)29(32)34/h2-14,19,24H,15-18H2,1H3,(H,30,33). The molecule has 2 amide bonds. The second-order valence-electron chi connectivity index (χ2n) is 8.94. The van der Waals surface area contributed by atoms with Crippen LogP contribution < -0.4 is 5.32 Å². The molecule has 4 aromatic rings. The van der Waals surface area contributed by atoms with Crippen molar-refractivity contribution in [3.05, 3.63) is 112 Å². The van der Waals surface area contributed by atoms with Gasteiger partial charge in [-0.2, -0.15) is 0 Å². The van der Waals surface area contributed by atoms with Gasteiger partial charge in [-0.3, -0.25) is 9.59 Å². The van der Waals surface area contributed by atoms with Gasteiger partial charge in [-0.05, 0) is 30.2 Å². The third-order valence-corrected chi connectivity index (χ3v) is 7.25. The first kappa shape index (κ1) is 23.0. The van der Waals surface area contributed by atoms with Crippen molar-refractivity contribution in [2.75, 3.05) is 13.1 Å². The van der Waals surface area contributed by atoms with E-state index in [0.717, 1.165) is 33.0 Å². The van der Waals surface area contributed by atoms with E-state index in [4.69, 9.17) is 0 Å². The van der Waals surface area contributed by atoms with E-state index in [1.807, 2.05) is 64.9 Å². The molecule has 1 aliphatic rings. The highest BCUT2D eigenvalue weighted by molar-refractivity contribution is 7.13. The molecule has 176 valence electrons. The molecule has 1 N–H and O–H groups in total. The van der Waals surface area contributed by atoms with Crippen molar-refractivity contribution in [2.45, 2.75) is 25.8 Å². The number of nitrogens with zero attached hydrogens (tertiary/aromatic N) is 2. The lowest BCUT2D eigenvalue weighted by Gasteiger charge is -2.24. The Bertz CT molecular complexity index is 1350. The van der Waals surface area contributed by atoms with E-state index in [1.54, 1.807) is 11.3 Å². The molecule has 0 saturated heterocycles. The maximum atomic E-state index is 12.9. The number of benzene rings is 3. The zero-order valence-corrected chi connectivity index (χ0v) is 20.4. The molecule has 1 aliphatic heterocycles. The number of fused-ring (bicyclic) bond motifs is 1. The van der Waals surface area contributed by atoms with Crippen molar-refractivity contribution in [1.82, 2.24) is 15.2 Å². The third kappa shape index (κ3) is 5.33. The first-order valence-electron chi connectivity index (χ1n) is 11.8. The maximum Gasteiger partial charge on any atom is 0.254 e. The smallest absolute Gasteiger partial charge is 0.254 e. The van der Waals surface area contributed by atoms with Gasteiger partial charge in [0.2, 0.25) is 5.91 Å². The minimum Gasteiger partial charge on any atom is -0.355 e. The lowest BCUT2D eigenvalue weighted by molar-refractivity contribution is -0.120. The van der Waals surface area contributed by atoms with Crippen molar-refractivity contribution >= 4 is 23.2 Å². The lowest BCUT2D eigenvalue weighted by atomic mass is 9.98. The fraction of sp³-hybridized carbons (Fsp3) is 0.207. The number of hydrogen-bond donors (Lipinski definition) is 1. The SMILES string of the molecule is Cc1cccc(-c2nc(CC(=O)NCC(CN3Cc4ccccc4C3=O)c3ccccc3)cs2)c1. The molecule has 0 saturated carbocycles. The molecule has 2 heterocycles. The van der Waals surface area contributed by atoms with Gasteiger partial charge < -0.3 is 10.2 Å². The molecule has 3 aromatic carbocycles. The van der Waals surface area contributed by atoms with Gasteiger partial charge in [-0.15, -0.1) is 11.3 Å². The number of carbonyl (C=O) groups is 2. The van der Waals surface area contributed by atoms with Crippen molar-refractivity contribution in [1.29, 1.82) is 0 Å². The Labute approximate surface area is 209 Å². The van der Waals surface area contributed by atoms with Crippen LogP contribution in [0, 0.1) is 6.92 Å². The van der Waals surface area contributed by atoms with E-state index in [0.29, 0.717) is 19.6 Å². The van der Waals surface area contributed by atoms with Crippen LogP contribution in [-0.2, 0) is 17.8 Å². The Morgan fingerprint density at radius 1 is 1.06 bits per heavy atom. The maximum absolute atomic E-state index is 12.9. The van der Waals surface area contributed by atoms with E-state index < -0.39 is 0 Å². The van der Waals surface area contributed by atoms with Gasteiger partial charge in [0.15, 0.2) is 0 Å². The van der Waals surface area contributed by atoms with Crippen LogP contribution in [0.25, 0.3) is 10.6 Å². The summed E-state index contributed by atoms with van der Waals surface area (Å²) in [5.74, 6) is -0.0150. The summed E-state index contributed by atoms with van der Waals surface area (Å²) in [6.45, 7) is 3.67. The molecule has 0 radical (unpaired) electrons. The molecule has 5 rings (SSSR count). The van der Waals surface area contributed by atoms with Crippen molar-refractivity contribution < 1.29 is 9.59 Å². The zero-order chi connectivity index (χ0) is 24.2. The van der Waals surface area contributed by atoms with Gasteiger partial charge in [0.25, 0.3) is 5.91 Å². The number of rotatable bonds is 8. The van der Waals surface area contributed by atoms with E-state index in [9.17, 15) is 9.59 Å². The van der Waals surface area contributed by atoms with Gasteiger partial charge in [0.1, 0.15) is 5.01 Å². The van der Waals surface area contributed by atoms with Crippen LogP contribution in [0.1, 0.15) is 38.7 Å². The molecule has 35 heavy (non-hydrogen) atoms. The van der Waals surface area contributed by atoms with Crippen LogP contribution in [0.5, 0.6) is 0 Å². The molecule has 0 spiro atoms. The summed E-state index contributed by atoms with van der Waals surface area (Å²) in [4.78, 5) is 32.3. The topological polar surface area (TPSA) is 62.3 Å². The quantitative estimate of drug-likeness (QED) is 0.375. The Balaban J connectivity index is 1.23. The molecule has 0 aliphatic carbocycles. The average Bonchev–Trinajstić information content (AvgIpc) is 3.47. The minimum absolute atomic E-state index is 0.00305. The largest absolute Gasteiger partial charge is 0.355 e. The number of aromatic nitrogens is 1. The van der Waals surface area contributed by atoms with Crippen molar-refractivity contribution in [2.24, 2.45) is 0 Å². The normalized spacial score (nSPS) is 13.5. The van der Waals surface area contributed by atoms with Crippen molar-refractivity contribution in [3.8, 4) is 10.6 Å². The molecule has 0 fully saturated rings. The van der Waals surface area contributed by atoms with Gasteiger partial charge in [0.05, 0.1) is 12.1 Å². The van der Waals surface area contributed by atoms with Crippen LogP contribution in [0.3, 0.4) is 0 Å². The Morgan fingerprint density at radius 3 is 2.66 bits per heavy atom. The molecule has 0 bridgehead atoms. The summed E-state index contributed by atoms with van der Waals surface area (Å²) in [7, 11) is 0. The highest BCUT2D eigenvalue weighted by atomic mass is 32.1. The molecular formula is C29H27N3O2S. The Hall–Kier alpha value is -3.77. The second kappa shape index (κ2) is 10.2. The highest BCUT2D eigenvalue weighted by Crippen LogP contribution is 2.27. The van der Waals surface area contributed by atoms with Crippen LogP contribution in [-0.4, -0.2) is 34.8 Å². The summed E-state index contributed by atoms with van der Waals surface area (Å²) < 4.78 is 0. The number of carbonyl (C=O) groups excluding carboxylic acids is 2. The molecular weight excluding hydrogens is 454 g/mol. The van der Waals surface area contributed by atoms with E-state index in [1.165, 1.54) is 5.56 Å². The summed E-state index contributed by atoms with van der Waals surface area (Å²) in [5.41, 5.74) is 5.96. The van der Waals surface area contributed by atoms with Crippen LogP contribution >= 0.6 is 11.3 Å². The van der Waals surface area contributed by atoms with Crippen molar-refractivity contribution in [3.63, 3.8) is 0 Å². The number of aryl methyl sites for hydroxylation is 1. The number of amides is 2. The molecule has 5 nitrogen and oxygen atoms in total. The molecule has 1 aromatic heterocycles. The van der Waals surface area contributed by atoms with Crippen LogP contribution in [0.2, 0.25) is 0 Å². The van der Waals surface area contributed by atoms with Gasteiger partial charge in [0, 0.05) is 42.1 Å². The van der Waals surface area contributed by atoms with E-state index in [-0.39, 0.29) is 24.2 Å². The molecule has 1 unspecified atom stereocenters. The van der Waals surface area contributed by atoms with Gasteiger partial charge in [-0.25, -0.2) is 4.98 Å². The first-order chi connectivity index (χ1) is 17.1. The lowest BCUT2D eigenvalue weighted by Crippen LogP contribution is -2.36. The van der Waals surface area contributed by atoms with Gasteiger partial charge in [-0.1, -0.05) is 72.3 Å². The number of hydrogen-bond acceptors (Lipinski definition) is 4. The van der Waals surface area contributed by atoms with E-state index in [2.05, 4.69) is 41.5 Å². The summed E-state index contributed by atoms with van der Waals surface area (Å²) in [5, 5.41) is 5.96. The zero-order valence-electron chi connectivity index (χ0n) is 19.6. The van der Waals surface area contributed by atoms with Crippen LogP contribution in [0.4, 0.5) is 0 Å².